The highest BCUT2D eigenvalue weighted by Gasteiger charge is 2.12. The largest absolute Gasteiger partial charge is 0.497 e. The summed E-state index contributed by atoms with van der Waals surface area (Å²) in [6, 6.07) is 10.9. The minimum Gasteiger partial charge on any atom is -0.497 e. The molecule has 0 unspecified atom stereocenters. The molecule has 0 fully saturated rings. The van der Waals surface area contributed by atoms with Crippen LogP contribution in [-0.4, -0.2) is 20.5 Å². The predicted molar refractivity (Wildman–Crippen MR) is 91.6 cm³/mol. The molecule has 0 saturated carbocycles. The number of fused-ring (bicyclic) bond motifs is 1. The number of hydrogen-bond acceptors (Lipinski definition) is 5. The number of aromatic nitrogens is 1. The van der Waals surface area contributed by atoms with Crippen LogP contribution in [-0.2, 0) is 15.8 Å². The molecule has 3 rings (SSSR count). The van der Waals surface area contributed by atoms with Gasteiger partial charge in [0, 0.05) is 29.3 Å². The van der Waals surface area contributed by atoms with Gasteiger partial charge in [0.2, 0.25) is 10.0 Å². The van der Waals surface area contributed by atoms with Gasteiger partial charge in [0.1, 0.15) is 23.1 Å². The number of pyridine rings is 1. The molecule has 25 heavy (non-hydrogen) atoms. The first-order valence-electron chi connectivity index (χ1n) is 7.25. The fraction of sp³-hybridized carbons (Fsp3) is 0.118. The van der Waals surface area contributed by atoms with Crippen molar-refractivity contribution in [1.29, 1.82) is 0 Å². The van der Waals surface area contributed by atoms with E-state index in [2.05, 4.69) is 4.98 Å². The van der Waals surface area contributed by atoms with Gasteiger partial charge < -0.3 is 9.47 Å². The van der Waals surface area contributed by atoms with Gasteiger partial charge in [-0.25, -0.2) is 17.9 Å². The van der Waals surface area contributed by atoms with Crippen molar-refractivity contribution in [1.82, 2.24) is 4.98 Å². The average Bonchev–Trinajstić information content (AvgIpc) is 2.56. The predicted octanol–water partition coefficient (Wildman–Crippen LogP) is 2.96. The van der Waals surface area contributed by atoms with Crippen LogP contribution in [0.5, 0.6) is 17.2 Å². The summed E-state index contributed by atoms with van der Waals surface area (Å²) in [5.74, 6) is 0.115. The summed E-state index contributed by atoms with van der Waals surface area (Å²) in [6.45, 7) is 0. The van der Waals surface area contributed by atoms with Crippen LogP contribution in [0.4, 0.5) is 4.39 Å². The summed E-state index contributed by atoms with van der Waals surface area (Å²) in [4.78, 5) is 4.25. The Morgan fingerprint density at radius 2 is 1.88 bits per heavy atom. The van der Waals surface area contributed by atoms with Crippen LogP contribution in [0, 0.1) is 5.82 Å². The average molecular weight is 362 g/mol. The summed E-state index contributed by atoms with van der Waals surface area (Å²) >= 11 is 0. The Morgan fingerprint density at radius 3 is 2.56 bits per heavy atom. The number of hydrogen-bond donors (Lipinski definition) is 1. The highest BCUT2D eigenvalue weighted by Crippen LogP contribution is 2.31. The molecule has 0 aliphatic heterocycles. The second kappa shape index (κ2) is 6.66. The van der Waals surface area contributed by atoms with Crippen molar-refractivity contribution in [2.45, 2.75) is 5.75 Å². The van der Waals surface area contributed by atoms with Crippen LogP contribution in [0.1, 0.15) is 5.56 Å². The molecule has 1 heterocycles. The topological polar surface area (TPSA) is 91.5 Å². The minimum atomic E-state index is -3.81. The molecule has 6 nitrogen and oxygen atoms in total. The molecule has 0 spiro atoms. The second-order valence-corrected chi connectivity index (χ2v) is 6.97. The maximum Gasteiger partial charge on any atom is 0.213 e. The standard InChI is InChI=1S/C17H15FN2O4S/c1-23-12-4-5-14-16(9-12)20-7-6-17(14)24-13-3-2-11(15(18)8-13)10-25(19,21)22/h2-9H,10H2,1H3,(H2,19,21,22). The minimum absolute atomic E-state index is 0.0147. The molecule has 0 atom stereocenters. The third kappa shape index (κ3) is 4.04. The number of rotatable bonds is 5. The van der Waals surface area contributed by atoms with Crippen molar-refractivity contribution in [3.63, 3.8) is 0 Å². The van der Waals surface area contributed by atoms with Crippen molar-refractivity contribution in [2.75, 3.05) is 7.11 Å². The highest BCUT2D eigenvalue weighted by molar-refractivity contribution is 7.88. The Morgan fingerprint density at radius 1 is 1.12 bits per heavy atom. The van der Waals surface area contributed by atoms with E-state index in [-0.39, 0.29) is 11.3 Å². The number of halogens is 1. The number of sulfonamides is 1. The summed E-state index contributed by atoms with van der Waals surface area (Å²) in [5, 5.41) is 5.67. The number of nitrogens with zero attached hydrogens (tertiary/aromatic N) is 1. The van der Waals surface area contributed by atoms with E-state index in [4.69, 9.17) is 14.6 Å². The summed E-state index contributed by atoms with van der Waals surface area (Å²) in [6.07, 6.45) is 1.57. The molecular formula is C17H15FN2O4S. The van der Waals surface area contributed by atoms with E-state index >= 15 is 0 Å². The Kier molecular flexibility index (Phi) is 4.56. The molecule has 0 aliphatic rings. The Balaban J connectivity index is 1.92. The lowest BCUT2D eigenvalue weighted by molar-refractivity contribution is 0.415. The van der Waals surface area contributed by atoms with E-state index in [0.29, 0.717) is 17.0 Å². The maximum absolute atomic E-state index is 14.1. The van der Waals surface area contributed by atoms with Gasteiger partial charge >= 0.3 is 0 Å². The number of benzene rings is 2. The Hall–Kier alpha value is -2.71. The van der Waals surface area contributed by atoms with Crippen LogP contribution in [0.25, 0.3) is 10.9 Å². The van der Waals surface area contributed by atoms with Gasteiger partial charge in [0.05, 0.1) is 18.4 Å². The first-order chi connectivity index (χ1) is 11.9. The fourth-order valence-electron chi connectivity index (χ4n) is 2.37. The fourth-order valence-corrected chi connectivity index (χ4v) is 3.04. The van der Waals surface area contributed by atoms with Crippen LogP contribution in [0.15, 0.2) is 48.7 Å². The normalized spacial score (nSPS) is 11.5. The van der Waals surface area contributed by atoms with E-state index in [1.165, 1.54) is 12.1 Å². The lowest BCUT2D eigenvalue weighted by Gasteiger charge is -2.10. The van der Waals surface area contributed by atoms with Crippen molar-refractivity contribution in [2.24, 2.45) is 5.14 Å². The molecule has 0 amide bonds. The number of ether oxygens (including phenoxy) is 2. The summed E-state index contributed by atoms with van der Waals surface area (Å²) in [5.41, 5.74) is 0.655. The van der Waals surface area contributed by atoms with Gasteiger partial charge in [-0.15, -0.1) is 0 Å². The third-order valence-corrected chi connectivity index (χ3v) is 4.23. The molecular weight excluding hydrogens is 347 g/mol. The number of primary sulfonamides is 1. The van der Waals surface area contributed by atoms with Gasteiger partial charge in [0.15, 0.2) is 0 Å². The molecule has 2 aromatic carbocycles. The molecule has 8 heteroatoms. The monoisotopic (exact) mass is 362 g/mol. The van der Waals surface area contributed by atoms with Crippen LogP contribution >= 0.6 is 0 Å². The van der Waals surface area contributed by atoms with Gasteiger partial charge in [-0.3, -0.25) is 4.98 Å². The van der Waals surface area contributed by atoms with Gasteiger partial charge in [0.25, 0.3) is 0 Å². The molecule has 0 bridgehead atoms. The maximum atomic E-state index is 14.1. The van der Waals surface area contributed by atoms with Gasteiger partial charge in [-0.05, 0) is 24.3 Å². The van der Waals surface area contributed by atoms with E-state index in [1.807, 2.05) is 0 Å². The van der Waals surface area contributed by atoms with Crippen molar-refractivity contribution in [3.05, 3.63) is 60.0 Å². The number of nitrogens with two attached hydrogens (primary N) is 1. The summed E-state index contributed by atoms with van der Waals surface area (Å²) in [7, 11) is -2.24. The van der Waals surface area contributed by atoms with Crippen molar-refractivity contribution in [3.8, 4) is 17.2 Å². The lowest BCUT2D eigenvalue weighted by atomic mass is 10.2. The molecule has 1 aromatic heterocycles. The third-order valence-electron chi connectivity index (χ3n) is 3.52. The SMILES string of the molecule is COc1ccc2c(Oc3ccc(CS(N)(=O)=O)c(F)c3)ccnc2c1. The first kappa shape index (κ1) is 17.1. The van der Waals surface area contributed by atoms with E-state index in [9.17, 15) is 12.8 Å². The van der Waals surface area contributed by atoms with Crippen LogP contribution < -0.4 is 14.6 Å². The van der Waals surface area contributed by atoms with Crippen molar-refractivity contribution < 1.29 is 22.3 Å². The molecule has 2 N–H and O–H groups in total. The highest BCUT2D eigenvalue weighted by atomic mass is 32.2. The summed E-state index contributed by atoms with van der Waals surface area (Å²) < 4.78 is 47.1. The first-order valence-corrected chi connectivity index (χ1v) is 8.97. The lowest BCUT2D eigenvalue weighted by Crippen LogP contribution is -2.15. The molecule has 130 valence electrons. The number of methoxy groups -OCH3 is 1. The zero-order valence-corrected chi connectivity index (χ0v) is 14.1. The van der Waals surface area contributed by atoms with E-state index in [1.54, 1.807) is 37.6 Å². The Labute approximate surface area is 144 Å². The molecule has 0 radical (unpaired) electrons. The van der Waals surface area contributed by atoms with Crippen molar-refractivity contribution >= 4 is 20.9 Å². The molecule has 0 aliphatic carbocycles. The smallest absolute Gasteiger partial charge is 0.213 e. The molecule has 0 saturated heterocycles. The Bertz CT molecular complexity index is 1040. The molecule has 3 aromatic rings. The quantitative estimate of drug-likeness (QED) is 0.753. The van der Waals surface area contributed by atoms with Crippen LogP contribution in [0.3, 0.4) is 0 Å². The van der Waals surface area contributed by atoms with E-state index < -0.39 is 21.6 Å². The second-order valence-electron chi connectivity index (χ2n) is 5.35. The van der Waals surface area contributed by atoms with Crippen LogP contribution in [0.2, 0.25) is 0 Å². The zero-order chi connectivity index (χ0) is 18.0. The van der Waals surface area contributed by atoms with E-state index in [0.717, 1.165) is 11.5 Å². The zero-order valence-electron chi connectivity index (χ0n) is 13.3. The van der Waals surface area contributed by atoms with Gasteiger partial charge in [-0.1, -0.05) is 6.07 Å². The van der Waals surface area contributed by atoms with Gasteiger partial charge in [-0.2, -0.15) is 0 Å².